The van der Waals surface area contributed by atoms with Crippen molar-refractivity contribution in [1.29, 1.82) is 0 Å². The molecule has 1 aliphatic rings. The second-order valence-corrected chi connectivity index (χ2v) is 4.11. The zero-order valence-corrected chi connectivity index (χ0v) is 8.71. The maximum Gasteiger partial charge on any atom is 0.178 e. The van der Waals surface area contributed by atoms with Gasteiger partial charge in [0.1, 0.15) is 5.69 Å². The molecule has 0 bridgehead atoms. The molecule has 1 aromatic heterocycles. The molecule has 1 saturated carbocycles. The molecule has 0 spiro atoms. The van der Waals surface area contributed by atoms with Gasteiger partial charge in [-0.1, -0.05) is 6.42 Å². The second kappa shape index (κ2) is 3.52. The highest BCUT2D eigenvalue weighted by molar-refractivity contribution is 5.92. The van der Waals surface area contributed by atoms with Crippen molar-refractivity contribution in [2.24, 2.45) is 0 Å². The molecular weight excluding hydrogens is 174 g/mol. The summed E-state index contributed by atoms with van der Waals surface area (Å²) in [6.45, 7) is 3.63. The first-order valence-corrected chi connectivity index (χ1v) is 5.16. The van der Waals surface area contributed by atoms with Crippen molar-refractivity contribution >= 4 is 5.78 Å². The van der Waals surface area contributed by atoms with Gasteiger partial charge in [-0.15, -0.1) is 0 Å². The lowest BCUT2D eigenvalue weighted by Crippen LogP contribution is -2.11. The Hall–Kier alpha value is -1.18. The minimum Gasteiger partial charge on any atom is -0.293 e. The lowest BCUT2D eigenvalue weighted by atomic mass is 9.79. The molecule has 2 rings (SSSR count). The largest absolute Gasteiger partial charge is 0.293 e. The number of nitrogens with zero attached hydrogens (tertiary/aromatic N) is 1. The summed E-state index contributed by atoms with van der Waals surface area (Å²) in [5, 5.41) is 0. The highest BCUT2D eigenvalue weighted by Crippen LogP contribution is 2.37. The SMILES string of the molecule is CC(=O)c1cc(C)c(C2CCC2)cn1. The van der Waals surface area contributed by atoms with Crippen molar-refractivity contribution in [1.82, 2.24) is 4.98 Å². The van der Waals surface area contributed by atoms with E-state index in [-0.39, 0.29) is 5.78 Å². The Balaban J connectivity index is 2.30. The Bertz CT molecular complexity index is 367. The maximum absolute atomic E-state index is 11.1. The summed E-state index contributed by atoms with van der Waals surface area (Å²) in [5.74, 6) is 0.747. The maximum atomic E-state index is 11.1. The zero-order chi connectivity index (χ0) is 10.1. The van der Waals surface area contributed by atoms with E-state index < -0.39 is 0 Å². The van der Waals surface area contributed by atoms with E-state index in [0.717, 1.165) is 0 Å². The molecule has 1 fully saturated rings. The summed E-state index contributed by atoms with van der Waals surface area (Å²) < 4.78 is 0. The number of hydrogen-bond donors (Lipinski definition) is 0. The molecule has 14 heavy (non-hydrogen) atoms. The fourth-order valence-corrected chi connectivity index (χ4v) is 1.91. The van der Waals surface area contributed by atoms with Gasteiger partial charge in [0.25, 0.3) is 0 Å². The van der Waals surface area contributed by atoms with Gasteiger partial charge < -0.3 is 0 Å². The van der Waals surface area contributed by atoms with E-state index in [9.17, 15) is 4.79 Å². The summed E-state index contributed by atoms with van der Waals surface area (Å²) >= 11 is 0. The normalized spacial score (nSPS) is 16.4. The van der Waals surface area contributed by atoms with Crippen LogP contribution in [0.3, 0.4) is 0 Å². The van der Waals surface area contributed by atoms with E-state index in [1.807, 2.05) is 12.3 Å². The third-order valence-electron chi connectivity index (χ3n) is 3.06. The number of carbonyl (C=O) groups excluding carboxylic acids is 1. The fraction of sp³-hybridized carbons (Fsp3) is 0.500. The topological polar surface area (TPSA) is 30.0 Å². The van der Waals surface area contributed by atoms with Crippen molar-refractivity contribution < 1.29 is 4.79 Å². The molecule has 74 valence electrons. The van der Waals surface area contributed by atoms with E-state index in [4.69, 9.17) is 0 Å². The molecule has 0 amide bonds. The van der Waals surface area contributed by atoms with Crippen molar-refractivity contribution in [2.75, 3.05) is 0 Å². The lowest BCUT2D eigenvalue weighted by Gasteiger charge is -2.26. The van der Waals surface area contributed by atoms with E-state index >= 15 is 0 Å². The van der Waals surface area contributed by atoms with Gasteiger partial charge >= 0.3 is 0 Å². The fourth-order valence-electron chi connectivity index (χ4n) is 1.91. The minimum absolute atomic E-state index is 0.0493. The summed E-state index contributed by atoms with van der Waals surface area (Å²) in [6, 6.07) is 1.91. The second-order valence-electron chi connectivity index (χ2n) is 4.11. The Kier molecular flexibility index (Phi) is 2.36. The van der Waals surface area contributed by atoms with E-state index in [0.29, 0.717) is 11.6 Å². The van der Waals surface area contributed by atoms with E-state index in [2.05, 4.69) is 11.9 Å². The van der Waals surface area contributed by atoms with Crippen LogP contribution in [0.25, 0.3) is 0 Å². The van der Waals surface area contributed by atoms with Gasteiger partial charge in [0, 0.05) is 13.1 Å². The van der Waals surface area contributed by atoms with Gasteiger partial charge in [-0.25, -0.2) is 0 Å². The summed E-state index contributed by atoms with van der Waals surface area (Å²) in [4.78, 5) is 15.3. The Morgan fingerprint density at radius 2 is 2.21 bits per heavy atom. The molecule has 1 aliphatic carbocycles. The molecule has 0 unspecified atom stereocenters. The molecular formula is C12H15NO. The lowest BCUT2D eigenvalue weighted by molar-refractivity contribution is 0.101. The number of ketones is 1. The van der Waals surface area contributed by atoms with Crippen LogP contribution in [-0.4, -0.2) is 10.8 Å². The third kappa shape index (κ3) is 1.57. The number of aryl methyl sites for hydroxylation is 1. The minimum atomic E-state index is 0.0493. The van der Waals surface area contributed by atoms with Gasteiger partial charge in [0.2, 0.25) is 0 Å². The summed E-state index contributed by atoms with van der Waals surface area (Å²) in [6.07, 6.45) is 5.78. The predicted octanol–water partition coefficient (Wildman–Crippen LogP) is 2.86. The average Bonchev–Trinajstić information content (AvgIpc) is 2.04. The average molecular weight is 189 g/mol. The Morgan fingerprint density at radius 3 is 2.64 bits per heavy atom. The van der Waals surface area contributed by atoms with Crippen molar-refractivity contribution in [3.63, 3.8) is 0 Å². The number of carbonyl (C=O) groups is 1. The van der Waals surface area contributed by atoms with E-state index in [1.54, 1.807) is 6.92 Å². The van der Waals surface area contributed by atoms with Gasteiger partial charge in [-0.05, 0) is 42.9 Å². The zero-order valence-electron chi connectivity index (χ0n) is 8.71. The van der Waals surface area contributed by atoms with Crippen LogP contribution in [0.2, 0.25) is 0 Å². The molecule has 0 N–H and O–H groups in total. The number of hydrogen-bond acceptors (Lipinski definition) is 2. The molecule has 0 saturated heterocycles. The van der Waals surface area contributed by atoms with Crippen LogP contribution >= 0.6 is 0 Å². The third-order valence-corrected chi connectivity index (χ3v) is 3.06. The van der Waals surface area contributed by atoms with Gasteiger partial charge in [-0.2, -0.15) is 0 Å². The monoisotopic (exact) mass is 189 g/mol. The van der Waals surface area contributed by atoms with Crippen molar-refractivity contribution in [2.45, 2.75) is 39.0 Å². The van der Waals surface area contributed by atoms with Crippen LogP contribution in [0, 0.1) is 6.92 Å². The van der Waals surface area contributed by atoms with Crippen LogP contribution in [-0.2, 0) is 0 Å². The first kappa shape index (κ1) is 9.38. The first-order chi connectivity index (χ1) is 6.68. The van der Waals surface area contributed by atoms with Crippen LogP contribution < -0.4 is 0 Å². The quantitative estimate of drug-likeness (QED) is 0.669. The summed E-state index contributed by atoms with van der Waals surface area (Å²) in [7, 11) is 0. The molecule has 1 aromatic rings. The van der Waals surface area contributed by atoms with Gasteiger partial charge in [-0.3, -0.25) is 9.78 Å². The van der Waals surface area contributed by atoms with Crippen molar-refractivity contribution in [3.05, 3.63) is 29.1 Å². The van der Waals surface area contributed by atoms with Crippen LogP contribution in [0.4, 0.5) is 0 Å². The highest BCUT2D eigenvalue weighted by Gasteiger charge is 2.21. The smallest absolute Gasteiger partial charge is 0.178 e. The molecule has 0 radical (unpaired) electrons. The highest BCUT2D eigenvalue weighted by atomic mass is 16.1. The predicted molar refractivity (Wildman–Crippen MR) is 55.6 cm³/mol. The number of aromatic nitrogens is 1. The molecule has 0 atom stereocenters. The summed E-state index contributed by atoms with van der Waals surface area (Å²) in [5.41, 5.74) is 3.14. The molecule has 0 aliphatic heterocycles. The standard InChI is InChI=1S/C12H15NO/c1-8-6-12(9(2)14)13-7-11(8)10-4-3-5-10/h6-7,10H,3-5H2,1-2H3. The number of pyridine rings is 1. The Morgan fingerprint density at radius 1 is 1.50 bits per heavy atom. The number of Topliss-reactive ketones (excluding diaryl/α,β-unsaturated/α-hetero) is 1. The molecule has 2 nitrogen and oxygen atoms in total. The molecule has 2 heteroatoms. The van der Waals surface area contributed by atoms with Crippen LogP contribution in [0.1, 0.15) is 53.7 Å². The van der Waals surface area contributed by atoms with E-state index in [1.165, 1.54) is 30.4 Å². The van der Waals surface area contributed by atoms with Gasteiger partial charge in [0.15, 0.2) is 5.78 Å². The molecule has 1 heterocycles. The van der Waals surface area contributed by atoms with Crippen LogP contribution in [0.5, 0.6) is 0 Å². The number of rotatable bonds is 2. The van der Waals surface area contributed by atoms with Crippen molar-refractivity contribution in [3.8, 4) is 0 Å². The molecule has 0 aromatic carbocycles. The van der Waals surface area contributed by atoms with Crippen LogP contribution in [0.15, 0.2) is 12.3 Å². The Labute approximate surface area is 84.4 Å². The van der Waals surface area contributed by atoms with Gasteiger partial charge in [0.05, 0.1) is 0 Å². The first-order valence-electron chi connectivity index (χ1n) is 5.16.